The predicted molar refractivity (Wildman–Crippen MR) is 71.8 cm³/mol. The number of aryl methyl sites for hydroxylation is 1. The molecule has 0 aliphatic carbocycles. The second-order valence-corrected chi connectivity index (χ2v) is 4.19. The molecule has 0 aliphatic heterocycles. The van der Waals surface area contributed by atoms with Crippen molar-refractivity contribution in [2.75, 3.05) is 25.6 Å². The van der Waals surface area contributed by atoms with Gasteiger partial charge in [0, 0.05) is 20.3 Å². The highest BCUT2D eigenvalue weighted by molar-refractivity contribution is 7.80. The highest BCUT2D eigenvalue weighted by Crippen LogP contribution is 2.21. The van der Waals surface area contributed by atoms with Gasteiger partial charge in [0.15, 0.2) is 10.9 Å². The van der Waals surface area contributed by atoms with Gasteiger partial charge in [0.05, 0.1) is 0 Å². The molecule has 0 saturated carbocycles. The zero-order valence-electron chi connectivity index (χ0n) is 10.3. The Labute approximate surface area is 111 Å². The summed E-state index contributed by atoms with van der Waals surface area (Å²) >= 11 is 4.95. The van der Waals surface area contributed by atoms with Crippen molar-refractivity contribution in [1.29, 1.82) is 0 Å². The monoisotopic (exact) mass is 274 g/mol. The minimum absolute atomic E-state index is 0.189. The summed E-state index contributed by atoms with van der Waals surface area (Å²) in [7, 11) is 1.61. The topological polar surface area (TPSA) is 33.3 Å². The summed E-state index contributed by atoms with van der Waals surface area (Å²) in [6.45, 7) is 2.74. The van der Waals surface area contributed by atoms with E-state index in [9.17, 15) is 8.78 Å². The van der Waals surface area contributed by atoms with Crippen LogP contribution in [0.4, 0.5) is 14.5 Å². The molecule has 0 saturated heterocycles. The fourth-order valence-corrected chi connectivity index (χ4v) is 1.55. The lowest BCUT2D eigenvalue weighted by Crippen LogP contribution is -2.30. The lowest BCUT2D eigenvalue weighted by Gasteiger charge is -2.12. The van der Waals surface area contributed by atoms with Gasteiger partial charge >= 0.3 is 0 Å². The van der Waals surface area contributed by atoms with Crippen molar-refractivity contribution in [2.45, 2.75) is 13.3 Å². The first kappa shape index (κ1) is 14.8. The van der Waals surface area contributed by atoms with Crippen LogP contribution in [0.3, 0.4) is 0 Å². The smallest absolute Gasteiger partial charge is 0.170 e. The molecule has 0 fully saturated rings. The standard InChI is InChI=1S/C12H16F2N2OS/c1-8-4-5-9(13)11(10(8)14)16-12(18)15-6-3-7-17-2/h4-5H,3,6-7H2,1-2H3,(H2,15,16,18). The van der Waals surface area contributed by atoms with Gasteiger partial charge < -0.3 is 15.4 Å². The number of anilines is 1. The summed E-state index contributed by atoms with van der Waals surface area (Å²) in [5.74, 6) is -1.30. The molecule has 0 aliphatic rings. The molecule has 0 radical (unpaired) electrons. The third-order valence-electron chi connectivity index (χ3n) is 2.33. The highest BCUT2D eigenvalue weighted by Gasteiger charge is 2.12. The van der Waals surface area contributed by atoms with E-state index in [-0.39, 0.29) is 10.8 Å². The summed E-state index contributed by atoms with van der Waals surface area (Å²) in [6.07, 6.45) is 0.761. The number of halogens is 2. The Hall–Kier alpha value is -1.27. The van der Waals surface area contributed by atoms with E-state index in [4.69, 9.17) is 17.0 Å². The maximum Gasteiger partial charge on any atom is 0.170 e. The van der Waals surface area contributed by atoms with Gasteiger partial charge in [-0.05, 0) is 37.2 Å². The van der Waals surface area contributed by atoms with E-state index in [1.54, 1.807) is 14.0 Å². The number of rotatable bonds is 5. The van der Waals surface area contributed by atoms with Gasteiger partial charge in [-0.1, -0.05) is 6.07 Å². The number of thiocarbonyl (C=S) groups is 1. The maximum absolute atomic E-state index is 13.7. The van der Waals surface area contributed by atoms with Crippen LogP contribution in [-0.4, -0.2) is 25.4 Å². The molecule has 6 heteroatoms. The molecule has 1 aromatic rings. The molecule has 18 heavy (non-hydrogen) atoms. The molecular formula is C12H16F2N2OS. The van der Waals surface area contributed by atoms with Crippen LogP contribution in [0, 0.1) is 18.6 Å². The molecule has 2 N–H and O–H groups in total. The molecule has 0 spiro atoms. The van der Waals surface area contributed by atoms with Crippen LogP contribution < -0.4 is 10.6 Å². The van der Waals surface area contributed by atoms with Gasteiger partial charge in [-0.25, -0.2) is 8.78 Å². The van der Waals surface area contributed by atoms with Gasteiger partial charge in [-0.2, -0.15) is 0 Å². The molecule has 3 nitrogen and oxygen atoms in total. The molecule has 1 aromatic carbocycles. The second kappa shape index (κ2) is 7.23. The molecule has 0 atom stereocenters. The summed E-state index contributed by atoms with van der Waals surface area (Å²) in [5.41, 5.74) is 0.139. The van der Waals surface area contributed by atoms with Crippen molar-refractivity contribution < 1.29 is 13.5 Å². The Kier molecular flexibility index (Phi) is 5.94. The molecule has 100 valence electrons. The summed E-state index contributed by atoms with van der Waals surface area (Å²) in [5, 5.41) is 5.56. The third kappa shape index (κ3) is 4.19. The zero-order valence-corrected chi connectivity index (χ0v) is 11.2. The van der Waals surface area contributed by atoms with Crippen LogP contribution in [0.25, 0.3) is 0 Å². The lowest BCUT2D eigenvalue weighted by molar-refractivity contribution is 0.196. The Morgan fingerprint density at radius 1 is 1.39 bits per heavy atom. The van der Waals surface area contributed by atoms with Crippen molar-refractivity contribution in [1.82, 2.24) is 5.32 Å². The van der Waals surface area contributed by atoms with E-state index in [0.29, 0.717) is 18.7 Å². The first-order valence-corrected chi connectivity index (χ1v) is 5.95. The van der Waals surface area contributed by atoms with E-state index in [2.05, 4.69) is 10.6 Å². The number of ether oxygens (including phenoxy) is 1. The molecule has 0 aromatic heterocycles. The van der Waals surface area contributed by atoms with Crippen LogP contribution >= 0.6 is 12.2 Å². The molecule has 0 heterocycles. The van der Waals surface area contributed by atoms with Crippen LogP contribution in [0.2, 0.25) is 0 Å². The Bertz CT molecular complexity index is 427. The Morgan fingerprint density at radius 3 is 2.78 bits per heavy atom. The van der Waals surface area contributed by atoms with Crippen molar-refractivity contribution in [2.24, 2.45) is 0 Å². The summed E-state index contributed by atoms with van der Waals surface area (Å²) < 4.78 is 32.0. The van der Waals surface area contributed by atoms with E-state index in [0.717, 1.165) is 6.42 Å². The fraction of sp³-hybridized carbons (Fsp3) is 0.417. The molecule has 0 amide bonds. The first-order chi connectivity index (χ1) is 8.56. The van der Waals surface area contributed by atoms with E-state index < -0.39 is 11.6 Å². The predicted octanol–water partition coefficient (Wildman–Crippen LogP) is 2.60. The van der Waals surface area contributed by atoms with Gasteiger partial charge in [-0.15, -0.1) is 0 Å². The van der Waals surface area contributed by atoms with Gasteiger partial charge in [0.25, 0.3) is 0 Å². The number of benzene rings is 1. The minimum atomic E-state index is -0.667. The summed E-state index contributed by atoms with van der Waals surface area (Å²) in [4.78, 5) is 0. The SMILES string of the molecule is COCCCNC(=S)Nc1c(F)ccc(C)c1F. The fourth-order valence-electron chi connectivity index (χ4n) is 1.35. The number of nitrogens with one attached hydrogen (secondary N) is 2. The van der Waals surface area contributed by atoms with E-state index >= 15 is 0 Å². The van der Waals surface area contributed by atoms with Crippen LogP contribution in [0.1, 0.15) is 12.0 Å². The summed E-state index contributed by atoms with van der Waals surface area (Å²) in [6, 6.07) is 2.58. The van der Waals surface area contributed by atoms with Gasteiger partial charge in [0.1, 0.15) is 11.5 Å². The van der Waals surface area contributed by atoms with Crippen LogP contribution in [-0.2, 0) is 4.74 Å². The van der Waals surface area contributed by atoms with Crippen LogP contribution in [0.15, 0.2) is 12.1 Å². The van der Waals surface area contributed by atoms with Gasteiger partial charge in [0.2, 0.25) is 0 Å². The highest BCUT2D eigenvalue weighted by atomic mass is 32.1. The van der Waals surface area contributed by atoms with E-state index in [1.807, 2.05) is 0 Å². The second-order valence-electron chi connectivity index (χ2n) is 3.78. The van der Waals surface area contributed by atoms with Crippen LogP contribution in [0.5, 0.6) is 0 Å². The van der Waals surface area contributed by atoms with Crippen molar-refractivity contribution in [3.63, 3.8) is 0 Å². The largest absolute Gasteiger partial charge is 0.385 e. The Balaban J connectivity index is 2.57. The van der Waals surface area contributed by atoms with Crippen molar-refractivity contribution >= 4 is 23.0 Å². The van der Waals surface area contributed by atoms with Crippen molar-refractivity contribution in [3.8, 4) is 0 Å². The first-order valence-electron chi connectivity index (χ1n) is 5.54. The van der Waals surface area contributed by atoms with E-state index in [1.165, 1.54) is 12.1 Å². The third-order valence-corrected chi connectivity index (χ3v) is 2.58. The average molecular weight is 274 g/mol. The number of hydrogen-bond acceptors (Lipinski definition) is 2. The Morgan fingerprint density at radius 2 is 2.11 bits per heavy atom. The molecule has 1 rings (SSSR count). The number of methoxy groups -OCH3 is 1. The molecule has 0 bridgehead atoms. The molecular weight excluding hydrogens is 258 g/mol. The maximum atomic E-state index is 13.7. The van der Waals surface area contributed by atoms with Gasteiger partial charge in [-0.3, -0.25) is 0 Å². The normalized spacial score (nSPS) is 10.2. The number of hydrogen-bond donors (Lipinski definition) is 2. The molecule has 0 unspecified atom stereocenters. The minimum Gasteiger partial charge on any atom is -0.385 e. The lowest BCUT2D eigenvalue weighted by atomic mass is 10.2. The van der Waals surface area contributed by atoms with Crippen molar-refractivity contribution in [3.05, 3.63) is 29.3 Å². The zero-order chi connectivity index (χ0) is 13.5. The quantitative estimate of drug-likeness (QED) is 0.639. The average Bonchev–Trinajstić information content (AvgIpc) is 2.35.